The van der Waals surface area contributed by atoms with Gasteiger partial charge in [-0.3, -0.25) is 4.79 Å². The molecule has 0 bridgehead atoms. The van der Waals surface area contributed by atoms with Gasteiger partial charge in [0.25, 0.3) is 0 Å². The molecule has 1 N–H and O–H groups in total. The number of benzene rings is 1. The van der Waals surface area contributed by atoms with Crippen LogP contribution in [-0.4, -0.2) is 19.6 Å². The van der Waals surface area contributed by atoms with Gasteiger partial charge in [-0.15, -0.1) is 0 Å². The highest BCUT2D eigenvalue weighted by Crippen LogP contribution is 2.29. The van der Waals surface area contributed by atoms with Crippen molar-refractivity contribution in [3.05, 3.63) is 29.3 Å². The molecule has 0 fully saturated rings. The first-order valence-corrected chi connectivity index (χ1v) is 6.71. The van der Waals surface area contributed by atoms with Gasteiger partial charge in [0.1, 0.15) is 0 Å². The molecule has 3 nitrogen and oxygen atoms in total. The first-order chi connectivity index (χ1) is 8.79. The summed E-state index contributed by atoms with van der Waals surface area (Å²) >= 11 is 0. The first-order valence-electron chi connectivity index (χ1n) is 6.71. The van der Waals surface area contributed by atoms with Crippen molar-refractivity contribution in [3.8, 4) is 0 Å². The Bertz CT molecular complexity index is 450. The zero-order chi connectivity index (χ0) is 14.6. The van der Waals surface area contributed by atoms with E-state index < -0.39 is 5.41 Å². The predicted octanol–water partition coefficient (Wildman–Crippen LogP) is 3.73. The average molecular weight is 263 g/mol. The number of esters is 1. The number of para-hydroxylation sites is 1. The third-order valence-electron chi connectivity index (χ3n) is 3.37. The number of anilines is 1. The van der Waals surface area contributed by atoms with Gasteiger partial charge in [0.15, 0.2) is 0 Å². The lowest BCUT2D eigenvalue weighted by atomic mass is 9.92. The normalized spacial score (nSPS) is 11.5. The fourth-order valence-electron chi connectivity index (χ4n) is 2.07. The Labute approximate surface area is 116 Å². The van der Waals surface area contributed by atoms with Gasteiger partial charge in [0.05, 0.1) is 12.5 Å². The van der Waals surface area contributed by atoms with E-state index in [-0.39, 0.29) is 5.97 Å². The topological polar surface area (TPSA) is 38.3 Å². The summed E-state index contributed by atoms with van der Waals surface area (Å²) in [6.45, 7) is 10.8. The molecule has 0 aromatic heterocycles. The molecule has 0 radical (unpaired) electrons. The fourth-order valence-corrected chi connectivity index (χ4v) is 2.07. The SMILES string of the molecule is COC(=O)C(C)(C)CNc1c(C)cccc1C(C)C. The first kappa shape index (κ1) is 15.5. The van der Waals surface area contributed by atoms with E-state index in [1.165, 1.54) is 18.2 Å². The quantitative estimate of drug-likeness (QED) is 0.823. The molecule has 3 heteroatoms. The van der Waals surface area contributed by atoms with Crippen molar-refractivity contribution in [2.24, 2.45) is 5.41 Å². The third-order valence-corrected chi connectivity index (χ3v) is 3.37. The van der Waals surface area contributed by atoms with Gasteiger partial charge in [-0.25, -0.2) is 0 Å². The second kappa shape index (κ2) is 6.09. The Morgan fingerprint density at radius 2 is 2.00 bits per heavy atom. The van der Waals surface area contributed by atoms with Crippen LogP contribution in [0.5, 0.6) is 0 Å². The molecule has 0 aliphatic heterocycles. The lowest BCUT2D eigenvalue weighted by Gasteiger charge is -2.25. The van der Waals surface area contributed by atoms with Gasteiger partial charge in [-0.05, 0) is 37.8 Å². The van der Waals surface area contributed by atoms with Crippen LogP contribution in [0.2, 0.25) is 0 Å². The minimum Gasteiger partial charge on any atom is -0.469 e. The Hall–Kier alpha value is -1.51. The second-order valence-corrected chi connectivity index (χ2v) is 5.92. The Kier molecular flexibility index (Phi) is 4.98. The van der Waals surface area contributed by atoms with Crippen LogP contribution in [-0.2, 0) is 9.53 Å². The minimum absolute atomic E-state index is 0.195. The highest BCUT2D eigenvalue weighted by Gasteiger charge is 2.28. The maximum Gasteiger partial charge on any atom is 0.313 e. The largest absolute Gasteiger partial charge is 0.469 e. The molecular formula is C16H25NO2. The molecule has 0 saturated carbocycles. The molecule has 0 atom stereocenters. The zero-order valence-electron chi connectivity index (χ0n) is 12.8. The summed E-state index contributed by atoms with van der Waals surface area (Å²) in [5.41, 5.74) is 3.08. The smallest absolute Gasteiger partial charge is 0.313 e. The number of nitrogens with one attached hydrogen (secondary N) is 1. The van der Waals surface area contributed by atoms with Crippen LogP contribution in [0, 0.1) is 12.3 Å². The van der Waals surface area contributed by atoms with Gasteiger partial charge in [-0.2, -0.15) is 0 Å². The Morgan fingerprint density at radius 1 is 1.37 bits per heavy atom. The zero-order valence-corrected chi connectivity index (χ0v) is 12.8. The lowest BCUT2D eigenvalue weighted by Crippen LogP contribution is -2.33. The number of hydrogen-bond acceptors (Lipinski definition) is 3. The van der Waals surface area contributed by atoms with Crippen molar-refractivity contribution in [1.29, 1.82) is 0 Å². The summed E-state index contributed by atoms with van der Waals surface area (Å²) in [5, 5.41) is 3.42. The van der Waals surface area contributed by atoms with Crippen molar-refractivity contribution in [2.45, 2.75) is 40.5 Å². The van der Waals surface area contributed by atoms with Crippen molar-refractivity contribution < 1.29 is 9.53 Å². The van der Waals surface area contributed by atoms with E-state index in [9.17, 15) is 4.79 Å². The van der Waals surface area contributed by atoms with Crippen molar-refractivity contribution in [3.63, 3.8) is 0 Å². The summed E-state index contributed by atoms with van der Waals surface area (Å²) in [7, 11) is 1.43. The molecule has 0 amide bonds. The van der Waals surface area contributed by atoms with Crippen molar-refractivity contribution >= 4 is 11.7 Å². The Balaban J connectivity index is 2.92. The van der Waals surface area contributed by atoms with Gasteiger partial charge in [0.2, 0.25) is 0 Å². The van der Waals surface area contributed by atoms with Gasteiger partial charge in [0, 0.05) is 12.2 Å². The van der Waals surface area contributed by atoms with E-state index in [2.05, 4.69) is 44.3 Å². The monoisotopic (exact) mass is 263 g/mol. The predicted molar refractivity (Wildman–Crippen MR) is 79.6 cm³/mol. The fraction of sp³-hybridized carbons (Fsp3) is 0.562. The van der Waals surface area contributed by atoms with E-state index in [0.29, 0.717) is 12.5 Å². The number of rotatable bonds is 5. The summed E-state index contributed by atoms with van der Waals surface area (Å²) in [6, 6.07) is 6.28. The van der Waals surface area contributed by atoms with Crippen molar-refractivity contribution in [2.75, 3.05) is 19.0 Å². The average Bonchev–Trinajstić information content (AvgIpc) is 2.35. The van der Waals surface area contributed by atoms with E-state index in [1.54, 1.807) is 0 Å². The van der Waals surface area contributed by atoms with Crippen molar-refractivity contribution in [1.82, 2.24) is 0 Å². The number of aryl methyl sites for hydroxylation is 1. The molecule has 0 aliphatic carbocycles. The molecular weight excluding hydrogens is 238 g/mol. The number of hydrogen-bond donors (Lipinski definition) is 1. The number of methoxy groups -OCH3 is 1. The van der Waals surface area contributed by atoms with E-state index >= 15 is 0 Å². The highest BCUT2D eigenvalue weighted by atomic mass is 16.5. The van der Waals surface area contributed by atoms with Crippen LogP contribution < -0.4 is 5.32 Å². The molecule has 1 rings (SSSR count). The molecule has 0 aliphatic rings. The van der Waals surface area contributed by atoms with Gasteiger partial charge >= 0.3 is 5.97 Å². The van der Waals surface area contributed by atoms with Gasteiger partial charge in [-0.1, -0.05) is 32.0 Å². The maximum atomic E-state index is 11.7. The highest BCUT2D eigenvalue weighted by molar-refractivity contribution is 5.76. The number of carbonyl (C=O) groups is 1. The van der Waals surface area contributed by atoms with E-state index in [4.69, 9.17) is 4.74 Å². The molecule has 19 heavy (non-hydrogen) atoms. The summed E-state index contributed by atoms with van der Waals surface area (Å²) in [6.07, 6.45) is 0. The lowest BCUT2D eigenvalue weighted by molar-refractivity contribution is -0.149. The molecule has 106 valence electrons. The summed E-state index contributed by atoms with van der Waals surface area (Å²) in [5.74, 6) is 0.253. The third kappa shape index (κ3) is 3.72. The van der Waals surface area contributed by atoms with Crippen LogP contribution in [0.1, 0.15) is 44.7 Å². The van der Waals surface area contributed by atoms with E-state index in [1.807, 2.05) is 13.8 Å². The number of carbonyl (C=O) groups excluding carboxylic acids is 1. The maximum absolute atomic E-state index is 11.7. The molecule has 1 aromatic rings. The molecule has 0 unspecified atom stereocenters. The van der Waals surface area contributed by atoms with Crippen LogP contribution >= 0.6 is 0 Å². The van der Waals surface area contributed by atoms with Crippen LogP contribution in [0.25, 0.3) is 0 Å². The molecule has 0 spiro atoms. The number of ether oxygens (including phenoxy) is 1. The molecule has 1 aromatic carbocycles. The standard InChI is InChI=1S/C16H25NO2/c1-11(2)13-9-7-8-12(3)14(13)17-10-16(4,5)15(18)19-6/h7-9,11,17H,10H2,1-6H3. The van der Waals surface area contributed by atoms with Crippen LogP contribution in [0.15, 0.2) is 18.2 Å². The molecule has 0 saturated heterocycles. The summed E-state index contributed by atoms with van der Waals surface area (Å²) in [4.78, 5) is 11.7. The minimum atomic E-state index is -0.536. The Morgan fingerprint density at radius 3 is 2.53 bits per heavy atom. The molecule has 0 heterocycles. The second-order valence-electron chi connectivity index (χ2n) is 5.92. The van der Waals surface area contributed by atoms with Crippen LogP contribution in [0.3, 0.4) is 0 Å². The van der Waals surface area contributed by atoms with Crippen LogP contribution in [0.4, 0.5) is 5.69 Å². The van der Waals surface area contributed by atoms with Gasteiger partial charge < -0.3 is 10.1 Å². The van der Waals surface area contributed by atoms with E-state index in [0.717, 1.165) is 5.69 Å². The summed E-state index contributed by atoms with van der Waals surface area (Å²) < 4.78 is 4.83.